The molecule has 3 rings (SSSR count). The molecule has 1 N–H and O–H groups in total. The van der Waals surface area contributed by atoms with Crippen LogP contribution in [-0.2, 0) is 11.3 Å². The molecular weight excluding hydrogens is 238 g/mol. The Bertz CT molecular complexity index is 608. The molecule has 0 saturated heterocycles. The van der Waals surface area contributed by atoms with Crippen molar-refractivity contribution in [2.24, 2.45) is 0 Å². The van der Waals surface area contributed by atoms with Crippen LogP contribution in [0.5, 0.6) is 11.5 Å². The molecule has 0 atom stereocenters. The third-order valence-corrected chi connectivity index (χ3v) is 2.46. The van der Waals surface area contributed by atoms with Gasteiger partial charge in [-0.25, -0.2) is 9.67 Å². The second-order valence-corrected chi connectivity index (χ2v) is 3.73. The summed E-state index contributed by atoms with van der Waals surface area (Å²) in [6.45, 7) is -0.00276. The molecule has 0 amide bonds. The van der Waals surface area contributed by atoms with Crippen molar-refractivity contribution in [3.8, 4) is 22.9 Å². The van der Waals surface area contributed by atoms with E-state index in [1.165, 1.54) is 11.0 Å². The standard InChI is InChI=1S/C11H9N3O4/c15-10(16)4-14-5-12-11(13-14)7-1-2-8-9(3-7)18-6-17-8/h1-3,5H,4,6H2,(H,15,16). The third-order valence-electron chi connectivity index (χ3n) is 2.46. The lowest BCUT2D eigenvalue weighted by Gasteiger charge is -1.98. The first-order valence-corrected chi connectivity index (χ1v) is 5.23. The number of nitrogens with zero attached hydrogens (tertiary/aromatic N) is 3. The van der Waals surface area contributed by atoms with Crippen LogP contribution in [0.4, 0.5) is 0 Å². The second kappa shape index (κ2) is 4.02. The zero-order chi connectivity index (χ0) is 12.5. The largest absolute Gasteiger partial charge is 0.480 e. The summed E-state index contributed by atoms with van der Waals surface area (Å²) in [5, 5.41) is 12.7. The number of carbonyl (C=O) groups is 1. The maximum atomic E-state index is 10.5. The van der Waals surface area contributed by atoms with Crippen LogP contribution in [0.3, 0.4) is 0 Å². The predicted molar refractivity (Wildman–Crippen MR) is 59.2 cm³/mol. The summed E-state index contributed by atoms with van der Waals surface area (Å²) in [6.07, 6.45) is 1.38. The van der Waals surface area contributed by atoms with Gasteiger partial charge in [-0.15, -0.1) is 0 Å². The van der Waals surface area contributed by atoms with E-state index in [2.05, 4.69) is 10.1 Å². The Morgan fingerprint density at radius 3 is 3.06 bits per heavy atom. The lowest BCUT2D eigenvalue weighted by molar-refractivity contribution is -0.137. The number of ether oxygens (including phenoxy) is 2. The fraction of sp³-hybridized carbons (Fsp3) is 0.182. The van der Waals surface area contributed by atoms with E-state index >= 15 is 0 Å². The van der Waals surface area contributed by atoms with E-state index in [1.807, 2.05) is 0 Å². The average molecular weight is 247 g/mol. The van der Waals surface area contributed by atoms with E-state index in [9.17, 15) is 4.79 Å². The first-order chi connectivity index (χ1) is 8.72. The van der Waals surface area contributed by atoms with Gasteiger partial charge in [0.1, 0.15) is 12.9 Å². The number of carboxylic acids is 1. The summed E-state index contributed by atoms with van der Waals surface area (Å²) < 4.78 is 11.7. The lowest BCUT2D eigenvalue weighted by Crippen LogP contribution is -2.08. The van der Waals surface area contributed by atoms with E-state index < -0.39 is 5.97 Å². The summed E-state index contributed by atoms with van der Waals surface area (Å²) in [5.74, 6) is 0.817. The van der Waals surface area contributed by atoms with Gasteiger partial charge in [0.25, 0.3) is 0 Å². The quantitative estimate of drug-likeness (QED) is 0.861. The van der Waals surface area contributed by atoms with Crippen molar-refractivity contribution in [1.82, 2.24) is 14.8 Å². The highest BCUT2D eigenvalue weighted by atomic mass is 16.7. The molecule has 7 nitrogen and oxygen atoms in total. The van der Waals surface area contributed by atoms with Crippen molar-refractivity contribution in [2.45, 2.75) is 6.54 Å². The molecule has 0 spiro atoms. The van der Waals surface area contributed by atoms with Crippen molar-refractivity contribution in [3.05, 3.63) is 24.5 Å². The van der Waals surface area contributed by atoms with Gasteiger partial charge < -0.3 is 14.6 Å². The minimum absolute atomic E-state index is 0.208. The third kappa shape index (κ3) is 1.86. The molecule has 0 saturated carbocycles. The van der Waals surface area contributed by atoms with Gasteiger partial charge in [-0.1, -0.05) is 0 Å². The van der Waals surface area contributed by atoms with Crippen molar-refractivity contribution >= 4 is 5.97 Å². The summed E-state index contributed by atoms with van der Waals surface area (Å²) >= 11 is 0. The topological polar surface area (TPSA) is 86.5 Å². The molecule has 1 aliphatic rings. The van der Waals surface area contributed by atoms with Crippen molar-refractivity contribution in [2.75, 3.05) is 6.79 Å². The number of rotatable bonds is 3. The average Bonchev–Trinajstić information content (AvgIpc) is 2.95. The van der Waals surface area contributed by atoms with Gasteiger partial charge in [0.15, 0.2) is 17.3 Å². The zero-order valence-electron chi connectivity index (χ0n) is 9.24. The molecular formula is C11H9N3O4. The van der Waals surface area contributed by atoms with Gasteiger partial charge >= 0.3 is 5.97 Å². The summed E-state index contributed by atoms with van der Waals surface area (Å²) in [5.41, 5.74) is 0.753. The molecule has 1 aromatic carbocycles. The summed E-state index contributed by atoms with van der Waals surface area (Å²) in [6, 6.07) is 5.34. The van der Waals surface area contributed by atoms with E-state index in [0.29, 0.717) is 17.3 Å². The first kappa shape index (κ1) is 10.6. The maximum Gasteiger partial charge on any atom is 0.325 e. The van der Waals surface area contributed by atoms with Crippen LogP contribution in [0.2, 0.25) is 0 Å². The van der Waals surface area contributed by atoms with Gasteiger partial charge in [-0.3, -0.25) is 4.79 Å². The highest BCUT2D eigenvalue weighted by Gasteiger charge is 2.15. The minimum atomic E-state index is -0.961. The molecule has 0 bridgehead atoms. The van der Waals surface area contributed by atoms with Crippen LogP contribution >= 0.6 is 0 Å². The smallest absolute Gasteiger partial charge is 0.325 e. The van der Waals surface area contributed by atoms with Crippen LogP contribution in [0.25, 0.3) is 11.4 Å². The number of hydrogen-bond donors (Lipinski definition) is 1. The first-order valence-electron chi connectivity index (χ1n) is 5.23. The molecule has 92 valence electrons. The van der Waals surface area contributed by atoms with E-state index in [-0.39, 0.29) is 13.3 Å². The molecule has 1 aliphatic heterocycles. The summed E-state index contributed by atoms with van der Waals surface area (Å²) in [7, 11) is 0. The minimum Gasteiger partial charge on any atom is -0.480 e. The molecule has 1 aromatic heterocycles. The number of fused-ring (bicyclic) bond motifs is 1. The fourth-order valence-electron chi connectivity index (χ4n) is 1.68. The Morgan fingerprint density at radius 1 is 1.39 bits per heavy atom. The lowest BCUT2D eigenvalue weighted by atomic mass is 10.2. The van der Waals surface area contributed by atoms with E-state index in [1.54, 1.807) is 18.2 Å². The predicted octanol–water partition coefficient (Wildman–Crippen LogP) is 0.758. The Kier molecular flexibility index (Phi) is 2.36. The zero-order valence-corrected chi connectivity index (χ0v) is 9.24. The normalized spacial score (nSPS) is 12.7. The Labute approximate surface area is 102 Å². The van der Waals surface area contributed by atoms with Crippen LogP contribution in [0.1, 0.15) is 0 Å². The molecule has 2 heterocycles. The molecule has 7 heteroatoms. The van der Waals surface area contributed by atoms with Gasteiger partial charge in [0, 0.05) is 5.56 Å². The number of benzene rings is 1. The number of aromatic nitrogens is 3. The van der Waals surface area contributed by atoms with Gasteiger partial charge in [-0.2, -0.15) is 5.10 Å². The number of carboxylic acid groups (broad SMARTS) is 1. The molecule has 0 aliphatic carbocycles. The molecule has 2 aromatic rings. The van der Waals surface area contributed by atoms with Crippen LogP contribution < -0.4 is 9.47 Å². The Hall–Kier alpha value is -2.57. The highest BCUT2D eigenvalue weighted by Crippen LogP contribution is 2.34. The number of hydrogen-bond acceptors (Lipinski definition) is 5. The highest BCUT2D eigenvalue weighted by molar-refractivity contribution is 5.66. The van der Waals surface area contributed by atoms with Gasteiger partial charge in [-0.05, 0) is 18.2 Å². The monoisotopic (exact) mass is 247 g/mol. The summed E-state index contributed by atoms with van der Waals surface area (Å²) in [4.78, 5) is 14.6. The van der Waals surface area contributed by atoms with Gasteiger partial charge in [0.05, 0.1) is 0 Å². The van der Waals surface area contributed by atoms with Crippen LogP contribution in [0.15, 0.2) is 24.5 Å². The van der Waals surface area contributed by atoms with Crippen molar-refractivity contribution in [1.29, 1.82) is 0 Å². The van der Waals surface area contributed by atoms with Crippen molar-refractivity contribution < 1.29 is 19.4 Å². The Morgan fingerprint density at radius 2 is 2.22 bits per heavy atom. The molecule has 0 radical (unpaired) electrons. The molecule has 0 fully saturated rings. The fourth-order valence-corrected chi connectivity index (χ4v) is 1.68. The second-order valence-electron chi connectivity index (χ2n) is 3.73. The van der Waals surface area contributed by atoms with Gasteiger partial charge in [0.2, 0.25) is 6.79 Å². The number of aliphatic carboxylic acids is 1. The molecule has 18 heavy (non-hydrogen) atoms. The SMILES string of the molecule is O=C(O)Cn1cnc(-c2ccc3c(c2)OCO3)n1. The Balaban J connectivity index is 1.90. The van der Waals surface area contributed by atoms with Crippen molar-refractivity contribution in [3.63, 3.8) is 0 Å². The van der Waals surface area contributed by atoms with E-state index in [0.717, 1.165) is 5.56 Å². The maximum absolute atomic E-state index is 10.5. The van der Waals surface area contributed by atoms with Crippen LogP contribution in [-0.4, -0.2) is 32.6 Å². The van der Waals surface area contributed by atoms with E-state index in [4.69, 9.17) is 14.6 Å². The molecule has 0 unspecified atom stereocenters. The van der Waals surface area contributed by atoms with Crippen LogP contribution in [0, 0.1) is 0 Å².